The molecule has 80 valence electrons. The molecule has 1 aliphatic rings. The first-order valence-electron chi connectivity index (χ1n) is 4.92. The molecule has 0 saturated carbocycles. The van der Waals surface area contributed by atoms with Gasteiger partial charge in [0.1, 0.15) is 5.82 Å². The van der Waals surface area contributed by atoms with Gasteiger partial charge in [0.05, 0.1) is 5.56 Å². The van der Waals surface area contributed by atoms with Crippen LogP contribution in [0.3, 0.4) is 0 Å². The molecule has 1 N–H and O–H groups in total. The van der Waals surface area contributed by atoms with E-state index in [0.29, 0.717) is 11.0 Å². The third-order valence-corrected chi connectivity index (χ3v) is 2.55. The van der Waals surface area contributed by atoms with Gasteiger partial charge in [0.25, 0.3) is 0 Å². The lowest BCUT2D eigenvalue weighted by molar-refractivity contribution is 0.0697. The van der Waals surface area contributed by atoms with E-state index >= 15 is 0 Å². The van der Waals surface area contributed by atoms with Crippen molar-refractivity contribution in [2.45, 2.75) is 13.8 Å². The lowest BCUT2D eigenvalue weighted by atomic mass is 9.84. The standard InChI is InChI=1S/C11H14N2O2/c1-11(2)6-13(7-11)9-5-8(10(14)15)3-4-12-9/h3-5H,6-7H2,1-2H3,(H,14,15). The predicted octanol–water partition coefficient (Wildman–Crippen LogP) is 1.63. The second kappa shape index (κ2) is 3.22. The Morgan fingerprint density at radius 3 is 2.73 bits per heavy atom. The average molecular weight is 206 g/mol. The highest BCUT2D eigenvalue weighted by Gasteiger charge is 2.34. The summed E-state index contributed by atoms with van der Waals surface area (Å²) < 4.78 is 0. The highest BCUT2D eigenvalue weighted by molar-refractivity contribution is 5.88. The zero-order valence-corrected chi connectivity index (χ0v) is 8.90. The van der Waals surface area contributed by atoms with Crippen molar-refractivity contribution >= 4 is 11.8 Å². The number of anilines is 1. The highest BCUT2D eigenvalue weighted by atomic mass is 16.4. The van der Waals surface area contributed by atoms with Crippen LogP contribution in [0.2, 0.25) is 0 Å². The van der Waals surface area contributed by atoms with Crippen LogP contribution in [0.25, 0.3) is 0 Å². The van der Waals surface area contributed by atoms with E-state index in [2.05, 4.69) is 23.7 Å². The summed E-state index contributed by atoms with van der Waals surface area (Å²) in [6, 6.07) is 3.13. The maximum absolute atomic E-state index is 10.8. The summed E-state index contributed by atoms with van der Waals surface area (Å²) in [6.45, 7) is 6.24. The summed E-state index contributed by atoms with van der Waals surface area (Å²) in [5, 5.41) is 8.84. The molecule has 2 heterocycles. The number of aromatic nitrogens is 1. The Balaban J connectivity index is 2.17. The molecule has 2 rings (SSSR count). The quantitative estimate of drug-likeness (QED) is 0.799. The lowest BCUT2D eigenvalue weighted by Gasteiger charge is -2.46. The van der Waals surface area contributed by atoms with Gasteiger partial charge in [0, 0.05) is 19.3 Å². The van der Waals surface area contributed by atoms with Crippen LogP contribution >= 0.6 is 0 Å². The Kier molecular flexibility index (Phi) is 2.14. The van der Waals surface area contributed by atoms with Crippen molar-refractivity contribution in [3.8, 4) is 0 Å². The van der Waals surface area contributed by atoms with E-state index in [9.17, 15) is 4.79 Å². The van der Waals surface area contributed by atoms with Gasteiger partial charge in [-0.1, -0.05) is 13.8 Å². The van der Waals surface area contributed by atoms with Crippen molar-refractivity contribution in [2.75, 3.05) is 18.0 Å². The third-order valence-electron chi connectivity index (χ3n) is 2.55. The Morgan fingerprint density at radius 2 is 2.20 bits per heavy atom. The summed E-state index contributed by atoms with van der Waals surface area (Å²) in [5.74, 6) is -0.146. The topological polar surface area (TPSA) is 53.4 Å². The van der Waals surface area contributed by atoms with Crippen molar-refractivity contribution in [3.63, 3.8) is 0 Å². The maximum atomic E-state index is 10.8. The first-order valence-corrected chi connectivity index (χ1v) is 4.92. The Labute approximate surface area is 88.6 Å². The van der Waals surface area contributed by atoms with Crippen molar-refractivity contribution in [1.29, 1.82) is 0 Å². The molecule has 0 bridgehead atoms. The van der Waals surface area contributed by atoms with Crippen LogP contribution in [-0.2, 0) is 0 Å². The fourth-order valence-electron chi connectivity index (χ4n) is 1.87. The number of carbonyl (C=O) groups is 1. The Bertz CT molecular complexity index is 393. The van der Waals surface area contributed by atoms with E-state index in [1.54, 1.807) is 12.3 Å². The molecule has 0 unspecified atom stereocenters. The number of carboxylic acid groups (broad SMARTS) is 1. The molecule has 4 heteroatoms. The second-order valence-corrected chi connectivity index (χ2v) is 4.73. The van der Waals surface area contributed by atoms with Gasteiger partial charge < -0.3 is 10.0 Å². The zero-order chi connectivity index (χ0) is 11.1. The number of aromatic carboxylic acids is 1. The SMILES string of the molecule is CC1(C)CN(c2cc(C(=O)O)ccn2)C1. The van der Waals surface area contributed by atoms with Gasteiger partial charge >= 0.3 is 5.97 Å². The molecule has 1 fully saturated rings. The molecule has 0 atom stereocenters. The maximum Gasteiger partial charge on any atom is 0.335 e. The second-order valence-electron chi connectivity index (χ2n) is 4.73. The molecular weight excluding hydrogens is 192 g/mol. The number of nitrogens with zero attached hydrogens (tertiary/aromatic N) is 2. The van der Waals surface area contributed by atoms with Gasteiger partial charge in [-0.3, -0.25) is 0 Å². The molecule has 0 aromatic carbocycles. The predicted molar refractivity (Wildman–Crippen MR) is 57.2 cm³/mol. The minimum atomic E-state index is -0.904. The molecule has 1 saturated heterocycles. The van der Waals surface area contributed by atoms with E-state index in [1.807, 2.05) is 0 Å². The van der Waals surface area contributed by atoms with Crippen LogP contribution in [0.4, 0.5) is 5.82 Å². The largest absolute Gasteiger partial charge is 0.478 e. The number of pyridine rings is 1. The van der Waals surface area contributed by atoms with Crippen molar-refractivity contribution in [1.82, 2.24) is 4.98 Å². The monoisotopic (exact) mass is 206 g/mol. The van der Waals surface area contributed by atoms with Crippen LogP contribution in [0, 0.1) is 5.41 Å². The summed E-state index contributed by atoms with van der Waals surface area (Å²) in [4.78, 5) is 17.0. The van der Waals surface area contributed by atoms with Gasteiger partial charge in [0.15, 0.2) is 0 Å². The third kappa shape index (κ3) is 1.93. The average Bonchev–Trinajstić information content (AvgIpc) is 2.14. The van der Waals surface area contributed by atoms with E-state index in [0.717, 1.165) is 18.9 Å². The summed E-state index contributed by atoms with van der Waals surface area (Å²) >= 11 is 0. The van der Waals surface area contributed by atoms with Gasteiger partial charge in [-0.2, -0.15) is 0 Å². The van der Waals surface area contributed by atoms with Gasteiger partial charge in [-0.15, -0.1) is 0 Å². The summed E-state index contributed by atoms with van der Waals surface area (Å²) in [5.41, 5.74) is 0.616. The fourth-order valence-corrected chi connectivity index (χ4v) is 1.87. The first-order chi connectivity index (χ1) is 6.98. The molecule has 1 aromatic rings. The number of hydrogen-bond acceptors (Lipinski definition) is 3. The molecule has 4 nitrogen and oxygen atoms in total. The number of hydrogen-bond donors (Lipinski definition) is 1. The number of rotatable bonds is 2. The lowest BCUT2D eigenvalue weighted by Crippen LogP contribution is -2.53. The van der Waals surface area contributed by atoms with Crippen molar-refractivity contribution < 1.29 is 9.90 Å². The van der Waals surface area contributed by atoms with Crippen molar-refractivity contribution in [3.05, 3.63) is 23.9 Å². The Morgan fingerprint density at radius 1 is 1.53 bits per heavy atom. The molecular formula is C11H14N2O2. The zero-order valence-electron chi connectivity index (χ0n) is 8.90. The smallest absolute Gasteiger partial charge is 0.335 e. The van der Waals surface area contributed by atoms with Crippen LogP contribution in [0.15, 0.2) is 18.3 Å². The molecule has 0 aliphatic carbocycles. The molecule has 0 radical (unpaired) electrons. The highest BCUT2D eigenvalue weighted by Crippen LogP contribution is 2.32. The van der Waals surface area contributed by atoms with E-state index in [-0.39, 0.29) is 0 Å². The van der Waals surface area contributed by atoms with Crippen LogP contribution in [0.5, 0.6) is 0 Å². The van der Waals surface area contributed by atoms with Crippen LogP contribution in [-0.4, -0.2) is 29.1 Å². The molecule has 1 aliphatic heterocycles. The van der Waals surface area contributed by atoms with Gasteiger partial charge in [-0.05, 0) is 17.5 Å². The summed E-state index contributed by atoms with van der Waals surface area (Å²) in [6.07, 6.45) is 1.55. The molecule has 0 spiro atoms. The Hall–Kier alpha value is -1.58. The minimum absolute atomic E-state index is 0.296. The van der Waals surface area contributed by atoms with E-state index in [4.69, 9.17) is 5.11 Å². The van der Waals surface area contributed by atoms with Gasteiger partial charge in [-0.25, -0.2) is 9.78 Å². The fraction of sp³-hybridized carbons (Fsp3) is 0.455. The van der Waals surface area contributed by atoms with E-state index in [1.165, 1.54) is 6.07 Å². The molecule has 15 heavy (non-hydrogen) atoms. The number of carboxylic acids is 1. The normalized spacial score (nSPS) is 18.4. The van der Waals surface area contributed by atoms with Crippen molar-refractivity contribution in [2.24, 2.45) is 5.41 Å². The first kappa shape index (κ1) is 9.96. The van der Waals surface area contributed by atoms with Crippen LogP contribution < -0.4 is 4.90 Å². The summed E-state index contributed by atoms with van der Waals surface area (Å²) in [7, 11) is 0. The van der Waals surface area contributed by atoms with Crippen LogP contribution in [0.1, 0.15) is 24.2 Å². The molecule has 1 aromatic heterocycles. The van der Waals surface area contributed by atoms with Gasteiger partial charge in [0.2, 0.25) is 0 Å². The minimum Gasteiger partial charge on any atom is -0.478 e. The van der Waals surface area contributed by atoms with E-state index < -0.39 is 5.97 Å². The molecule has 0 amide bonds.